The van der Waals surface area contributed by atoms with Gasteiger partial charge in [-0.15, -0.1) is 0 Å². The molecule has 2 fully saturated rings. The van der Waals surface area contributed by atoms with Crippen LogP contribution < -0.4 is 0 Å². The van der Waals surface area contributed by atoms with Gasteiger partial charge in [0.1, 0.15) is 5.69 Å². The molecule has 0 N–H and O–H groups in total. The Morgan fingerprint density at radius 2 is 2.24 bits per heavy atom. The van der Waals surface area contributed by atoms with E-state index in [9.17, 15) is 4.79 Å². The van der Waals surface area contributed by atoms with Crippen LogP contribution in [-0.2, 0) is 0 Å². The predicted molar refractivity (Wildman–Crippen MR) is 64.7 cm³/mol. The minimum absolute atomic E-state index is 0.0807. The molecule has 0 bridgehead atoms. The second-order valence-electron chi connectivity index (χ2n) is 4.80. The number of hydrogen-bond acceptors (Lipinski definition) is 3. The minimum Gasteiger partial charge on any atom is -0.334 e. The van der Waals surface area contributed by atoms with Crippen LogP contribution in [0.2, 0.25) is 0 Å². The van der Waals surface area contributed by atoms with Gasteiger partial charge >= 0.3 is 0 Å². The van der Waals surface area contributed by atoms with Gasteiger partial charge in [0.15, 0.2) is 0 Å². The van der Waals surface area contributed by atoms with E-state index in [1.807, 2.05) is 17.0 Å². The summed E-state index contributed by atoms with van der Waals surface area (Å²) < 4.78 is 0. The molecule has 3 rings (SSSR count). The molecule has 2 saturated heterocycles. The van der Waals surface area contributed by atoms with Crippen molar-refractivity contribution >= 4 is 5.91 Å². The van der Waals surface area contributed by atoms with Gasteiger partial charge in [-0.1, -0.05) is 6.07 Å². The van der Waals surface area contributed by atoms with E-state index in [-0.39, 0.29) is 5.91 Å². The van der Waals surface area contributed by atoms with Crippen LogP contribution in [0.3, 0.4) is 0 Å². The molecule has 1 atom stereocenters. The Labute approximate surface area is 101 Å². The van der Waals surface area contributed by atoms with Crippen LogP contribution in [0, 0.1) is 0 Å². The van der Waals surface area contributed by atoms with E-state index >= 15 is 0 Å². The van der Waals surface area contributed by atoms with Crippen molar-refractivity contribution in [1.29, 1.82) is 0 Å². The Morgan fingerprint density at radius 1 is 1.29 bits per heavy atom. The smallest absolute Gasteiger partial charge is 0.272 e. The number of amides is 1. The van der Waals surface area contributed by atoms with E-state index < -0.39 is 0 Å². The normalized spacial score (nSPS) is 24.7. The maximum Gasteiger partial charge on any atom is 0.272 e. The number of pyridine rings is 1. The first-order valence-corrected chi connectivity index (χ1v) is 6.29. The summed E-state index contributed by atoms with van der Waals surface area (Å²) in [5, 5.41) is 0. The molecule has 90 valence electrons. The molecular formula is C13H17N3O. The summed E-state index contributed by atoms with van der Waals surface area (Å²) in [4.78, 5) is 20.8. The number of fused-ring (bicyclic) bond motifs is 1. The van der Waals surface area contributed by atoms with E-state index in [4.69, 9.17) is 0 Å². The van der Waals surface area contributed by atoms with Gasteiger partial charge in [-0.25, -0.2) is 0 Å². The quantitative estimate of drug-likeness (QED) is 0.723. The van der Waals surface area contributed by atoms with Gasteiger partial charge in [-0.05, 0) is 31.5 Å². The van der Waals surface area contributed by atoms with Crippen LogP contribution >= 0.6 is 0 Å². The highest BCUT2D eigenvalue weighted by Gasteiger charge is 2.32. The first kappa shape index (κ1) is 10.7. The molecule has 1 amide bonds. The molecule has 0 spiro atoms. The molecule has 0 aromatic carbocycles. The molecule has 3 heterocycles. The van der Waals surface area contributed by atoms with Crippen molar-refractivity contribution in [2.24, 2.45) is 0 Å². The highest BCUT2D eigenvalue weighted by atomic mass is 16.2. The number of carbonyl (C=O) groups excluding carboxylic acids is 1. The monoisotopic (exact) mass is 231 g/mol. The summed E-state index contributed by atoms with van der Waals surface area (Å²) in [5.74, 6) is 0.0807. The molecule has 1 aromatic heterocycles. The predicted octanol–water partition coefficient (Wildman–Crippen LogP) is 1.00. The van der Waals surface area contributed by atoms with Crippen LogP contribution in [0.4, 0.5) is 0 Å². The summed E-state index contributed by atoms with van der Waals surface area (Å²) in [7, 11) is 0. The maximum absolute atomic E-state index is 12.2. The molecule has 0 saturated carbocycles. The maximum atomic E-state index is 12.2. The zero-order chi connectivity index (χ0) is 11.7. The van der Waals surface area contributed by atoms with Crippen molar-refractivity contribution in [2.45, 2.75) is 18.9 Å². The van der Waals surface area contributed by atoms with E-state index in [2.05, 4.69) is 9.88 Å². The van der Waals surface area contributed by atoms with E-state index in [1.54, 1.807) is 12.3 Å². The Bertz CT molecular complexity index is 406. The highest BCUT2D eigenvalue weighted by molar-refractivity contribution is 5.92. The Morgan fingerprint density at radius 3 is 3.06 bits per heavy atom. The summed E-state index contributed by atoms with van der Waals surface area (Å²) in [6.45, 7) is 3.93. The zero-order valence-electron chi connectivity index (χ0n) is 9.88. The van der Waals surface area contributed by atoms with Gasteiger partial charge in [0.05, 0.1) is 0 Å². The van der Waals surface area contributed by atoms with Gasteiger partial charge < -0.3 is 4.90 Å². The summed E-state index contributed by atoms with van der Waals surface area (Å²) in [6, 6.07) is 6.08. The number of rotatable bonds is 1. The van der Waals surface area contributed by atoms with Gasteiger partial charge in [-0.2, -0.15) is 0 Å². The zero-order valence-corrected chi connectivity index (χ0v) is 9.88. The SMILES string of the molecule is O=C(c1ccccn1)N1CCN2CCC[C@@H]2C1. The number of piperazine rings is 1. The molecule has 2 aliphatic heterocycles. The molecule has 4 nitrogen and oxygen atoms in total. The molecule has 17 heavy (non-hydrogen) atoms. The number of aromatic nitrogens is 1. The van der Waals surface area contributed by atoms with E-state index in [0.717, 1.165) is 19.6 Å². The molecule has 0 radical (unpaired) electrons. The first-order valence-electron chi connectivity index (χ1n) is 6.29. The van der Waals surface area contributed by atoms with Gasteiger partial charge in [0.25, 0.3) is 5.91 Å². The Balaban J connectivity index is 1.71. The van der Waals surface area contributed by atoms with Gasteiger partial charge in [0.2, 0.25) is 0 Å². The molecule has 1 aromatic rings. The average Bonchev–Trinajstić information content (AvgIpc) is 2.86. The highest BCUT2D eigenvalue weighted by Crippen LogP contribution is 2.22. The van der Waals surface area contributed by atoms with E-state index in [1.165, 1.54) is 19.4 Å². The van der Waals surface area contributed by atoms with E-state index in [0.29, 0.717) is 11.7 Å². The van der Waals surface area contributed by atoms with Crippen LogP contribution in [0.5, 0.6) is 0 Å². The summed E-state index contributed by atoms with van der Waals surface area (Å²) in [6.07, 6.45) is 4.18. The van der Waals surface area contributed by atoms with Crippen LogP contribution in [0.1, 0.15) is 23.3 Å². The second kappa shape index (κ2) is 4.45. The average molecular weight is 231 g/mol. The van der Waals surface area contributed by atoms with Crippen molar-refractivity contribution in [1.82, 2.24) is 14.8 Å². The number of nitrogens with zero attached hydrogens (tertiary/aromatic N) is 3. The Kier molecular flexibility index (Phi) is 2.81. The molecular weight excluding hydrogens is 214 g/mol. The van der Waals surface area contributed by atoms with Crippen molar-refractivity contribution < 1.29 is 4.79 Å². The molecule has 0 unspecified atom stereocenters. The third kappa shape index (κ3) is 2.05. The van der Waals surface area contributed by atoms with Crippen molar-refractivity contribution in [2.75, 3.05) is 26.2 Å². The second-order valence-corrected chi connectivity index (χ2v) is 4.80. The standard InChI is InChI=1S/C13H17N3O/c17-13(12-5-1-2-6-14-12)16-9-8-15-7-3-4-11(15)10-16/h1-2,5-6,11H,3-4,7-10H2/t11-/m1/s1. The first-order chi connectivity index (χ1) is 8.34. The largest absolute Gasteiger partial charge is 0.334 e. The van der Waals surface area contributed by atoms with Gasteiger partial charge in [-0.3, -0.25) is 14.7 Å². The topological polar surface area (TPSA) is 36.4 Å². The van der Waals surface area contributed by atoms with Crippen molar-refractivity contribution in [3.05, 3.63) is 30.1 Å². The molecule has 2 aliphatic rings. The van der Waals surface area contributed by atoms with Crippen LogP contribution in [0.25, 0.3) is 0 Å². The number of carbonyl (C=O) groups is 1. The fourth-order valence-electron chi connectivity index (χ4n) is 2.83. The fourth-order valence-corrected chi connectivity index (χ4v) is 2.83. The summed E-state index contributed by atoms with van der Waals surface area (Å²) >= 11 is 0. The molecule has 4 heteroatoms. The lowest BCUT2D eigenvalue weighted by molar-refractivity contribution is 0.0566. The van der Waals surface area contributed by atoms with Crippen LogP contribution in [-0.4, -0.2) is 52.9 Å². The molecule has 0 aliphatic carbocycles. The number of hydrogen-bond donors (Lipinski definition) is 0. The Hall–Kier alpha value is -1.42. The third-order valence-electron chi connectivity index (χ3n) is 3.76. The van der Waals surface area contributed by atoms with Crippen molar-refractivity contribution in [3.63, 3.8) is 0 Å². The van der Waals surface area contributed by atoms with Crippen molar-refractivity contribution in [3.8, 4) is 0 Å². The van der Waals surface area contributed by atoms with Gasteiger partial charge in [0, 0.05) is 31.9 Å². The lowest BCUT2D eigenvalue weighted by atomic mass is 10.1. The third-order valence-corrected chi connectivity index (χ3v) is 3.76. The lowest BCUT2D eigenvalue weighted by Crippen LogP contribution is -2.52. The lowest BCUT2D eigenvalue weighted by Gasteiger charge is -2.37. The fraction of sp³-hybridized carbons (Fsp3) is 0.538. The summed E-state index contributed by atoms with van der Waals surface area (Å²) in [5.41, 5.74) is 0.568. The minimum atomic E-state index is 0.0807. The van der Waals surface area contributed by atoms with Crippen LogP contribution in [0.15, 0.2) is 24.4 Å².